The summed E-state index contributed by atoms with van der Waals surface area (Å²) in [5, 5.41) is 20.2. The molecule has 4 nitrogen and oxygen atoms in total. The molecule has 0 radical (unpaired) electrons. The maximum atomic E-state index is 10.7. The number of rotatable bonds is 4. The van der Waals surface area contributed by atoms with Gasteiger partial charge in [-0.05, 0) is 59.4 Å². The van der Waals surface area contributed by atoms with Crippen molar-refractivity contribution in [2.45, 2.75) is 19.3 Å². The summed E-state index contributed by atoms with van der Waals surface area (Å²) in [4.78, 5) is 0. The molecule has 1 aliphatic carbocycles. The van der Waals surface area contributed by atoms with Gasteiger partial charge in [0.1, 0.15) is 23.0 Å². The van der Waals surface area contributed by atoms with E-state index in [4.69, 9.17) is 9.47 Å². The number of phenols is 2. The van der Waals surface area contributed by atoms with Crippen molar-refractivity contribution in [1.29, 1.82) is 0 Å². The van der Waals surface area contributed by atoms with Crippen LogP contribution < -0.4 is 9.47 Å². The SMILES string of the molecule is COc1ccc2c(c1)CCc1c(Cc3ccc(O)cc3)c(O)cc(OC)c1-2. The van der Waals surface area contributed by atoms with Gasteiger partial charge in [-0.1, -0.05) is 18.2 Å². The number of methoxy groups -OCH3 is 2. The normalized spacial score (nSPS) is 12.2. The molecule has 0 spiro atoms. The van der Waals surface area contributed by atoms with E-state index in [1.165, 1.54) is 5.56 Å². The third kappa shape index (κ3) is 3.08. The van der Waals surface area contributed by atoms with Crippen LogP contribution in [0.15, 0.2) is 48.5 Å². The van der Waals surface area contributed by atoms with Crippen molar-refractivity contribution in [1.82, 2.24) is 0 Å². The number of aryl methyl sites for hydroxylation is 1. The fraction of sp³-hybridized carbons (Fsp3) is 0.217. The molecule has 27 heavy (non-hydrogen) atoms. The molecular formula is C23H22O4. The van der Waals surface area contributed by atoms with Crippen LogP contribution in [0.4, 0.5) is 0 Å². The number of fused-ring (bicyclic) bond motifs is 3. The van der Waals surface area contributed by atoms with Crippen LogP contribution in [0.2, 0.25) is 0 Å². The third-order valence-corrected chi connectivity index (χ3v) is 5.25. The van der Waals surface area contributed by atoms with Crippen LogP contribution in [-0.4, -0.2) is 24.4 Å². The molecule has 3 aromatic rings. The molecular weight excluding hydrogens is 340 g/mol. The molecule has 138 valence electrons. The first-order valence-corrected chi connectivity index (χ1v) is 8.97. The fourth-order valence-electron chi connectivity index (χ4n) is 3.89. The lowest BCUT2D eigenvalue weighted by Gasteiger charge is -2.26. The molecule has 1 aliphatic rings. The highest BCUT2D eigenvalue weighted by atomic mass is 16.5. The Balaban J connectivity index is 1.86. The Morgan fingerprint density at radius 2 is 1.67 bits per heavy atom. The number of phenolic OH excluding ortho intramolecular Hbond substituents is 2. The minimum Gasteiger partial charge on any atom is -0.508 e. The second-order valence-corrected chi connectivity index (χ2v) is 6.80. The number of hydrogen-bond acceptors (Lipinski definition) is 4. The second kappa shape index (κ2) is 6.88. The van der Waals surface area contributed by atoms with E-state index in [0.717, 1.165) is 46.4 Å². The molecule has 0 atom stereocenters. The zero-order chi connectivity index (χ0) is 19.0. The van der Waals surface area contributed by atoms with Crippen molar-refractivity contribution < 1.29 is 19.7 Å². The molecule has 4 heteroatoms. The van der Waals surface area contributed by atoms with Gasteiger partial charge in [-0.2, -0.15) is 0 Å². The van der Waals surface area contributed by atoms with Crippen molar-refractivity contribution in [2.75, 3.05) is 14.2 Å². The first kappa shape index (κ1) is 17.3. The molecule has 0 amide bonds. The highest BCUT2D eigenvalue weighted by Crippen LogP contribution is 2.46. The van der Waals surface area contributed by atoms with E-state index >= 15 is 0 Å². The van der Waals surface area contributed by atoms with E-state index in [9.17, 15) is 10.2 Å². The maximum Gasteiger partial charge on any atom is 0.130 e. The predicted octanol–water partition coefficient (Wildman–Crippen LogP) is 4.47. The highest BCUT2D eigenvalue weighted by molar-refractivity contribution is 5.81. The summed E-state index contributed by atoms with van der Waals surface area (Å²) in [5.41, 5.74) is 6.47. The minimum atomic E-state index is 0.239. The minimum absolute atomic E-state index is 0.239. The maximum absolute atomic E-state index is 10.7. The van der Waals surface area contributed by atoms with Gasteiger partial charge in [-0.15, -0.1) is 0 Å². The average Bonchev–Trinajstić information content (AvgIpc) is 2.70. The molecule has 0 heterocycles. The van der Waals surface area contributed by atoms with Crippen molar-refractivity contribution in [3.8, 4) is 34.1 Å². The third-order valence-electron chi connectivity index (χ3n) is 5.25. The molecule has 0 fully saturated rings. The van der Waals surface area contributed by atoms with Crippen LogP contribution >= 0.6 is 0 Å². The van der Waals surface area contributed by atoms with Crippen molar-refractivity contribution >= 4 is 0 Å². The van der Waals surface area contributed by atoms with Gasteiger partial charge in [-0.3, -0.25) is 0 Å². The lowest BCUT2D eigenvalue weighted by Crippen LogP contribution is -2.10. The van der Waals surface area contributed by atoms with E-state index in [0.29, 0.717) is 12.2 Å². The topological polar surface area (TPSA) is 58.9 Å². The Morgan fingerprint density at radius 1 is 0.889 bits per heavy atom. The molecule has 0 bridgehead atoms. The lowest BCUT2D eigenvalue weighted by molar-refractivity contribution is 0.406. The quantitative estimate of drug-likeness (QED) is 0.719. The standard InChI is InChI=1S/C23H22O4/c1-26-17-8-10-18-15(12-17)5-9-19-20(11-14-3-6-16(24)7-4-14)21(25)13-22(27-2)23(18)19/h3-4,6-8,10,12-13,24-25H,5,9,11H2,1-2H3. The highest BCUT2D eigenvalue weighted by Gasteiger charge is 2.25. The largest absolute Gasteiger partial charge is 0.508 e. The van der Waals surface area contributed by atoms with E-state index in [-0.39, 0.29) is 11.5 Å². The summed E-state index contributed by atoms with van der Waals surface area (Å²) in [5.74, 6) is 2.01. The lowest BCUT2D eigenvalue weighted by atomic mass is 9.81. The van der Waals surface area contributed by atoms with Gasteiger partial charge in [0.25, 0.3) is 0 Å². The Labute approximate surface area is 158 Å². The summed E-state index contributed by atoms with van der Waals surface area (Å²) in [6.45, 7) is 0. The van der Waals surface area contributed by atoms with Gasteiger partial charge in [0.2, 0.25) is 0 Å². The molecule has 0 saturated carbocycles. The van der Waals surface area contributed by atoms with E-state index < -0.39 is 0 Å². The van der Waals surface area contributed by atoms with Crippen LogP contribution in [0.25, 0.3) is 11.1 Å². The summed E-state index contributed by atoms with van der Waals surface area (Å²) < 4.78 is 11.0. The van der Waals surface area contributed by atoms with Crippen LogP contribution in [-0.2, 0) is 19.3 Å². The van der Waals surface area contributed by atoms with Gasteiger partial charge in [0.15, 0.2) is 0 Å². The molecule has 2 N–H and O–H groups in total. The van der Waals surface area contributed by atoms with E-state index in [1.54, 1.807) is 32.4 Å². The second-order valence-electron chi connectivity index (χ2n) is 6.80. The van der Waals surface area contributed by atoms with Gasteiger partial charge < -0.3 is 19.7 Å². The van der Waals surface area contributed by atoms with E-state index in [2.05, 4.69) is 12.1 Å². The summed E-state index contributed by atoms with van der Waals surface area (Å²) in [6.07, 6.45) is 2.31. The first-order chi connectivity index (χ1) is 13.1. The molecule has 0 unspecified atom stereocenters. The molecule has 4 rings (SSSR count). The number of benzene rings is 3. The molecule has 0 saturated heterocycles. The Bertz CT molecular complexity index is 990. The zero-order valence-electron chi connectivity index (χ0n) is 15.5. The zero-order valence-corrected chi connectivity index (χ0v) is 15.5. The van der Waals surface area contributed by atoms with Gasteiger partial charge in [-0.25, -0.2) is 0 Å². The van der Waals surface area contributed by atoms with Gasteiger partial charge >= 0.3 is 0 Å². The van der Waals surface area contributed by atoms with Crippen LogP contribution in [0, 0.1) is 0 Å². The Morgan fingerprint density at radius 3 is 2.37 bits per heavy atom. The number of aromatic hydroxyl groups is 2. The number of ether oxygens (including phenoxy) is 2. The Hall–Kier alpha value is -3.14. The van der Waals surface area contributed by atoms with Crippen LogP contribution in [0.1, 0.15) is 22.3 Å². The van der Waals surface area contributed by atoms with Gasteiger partial charge in [0, 0.05) is 23.6 Å². The monoisotopic (exact) mass is 362 g/mol. The van der Waals surface area contributed by atoms with E-state index in [1.807, 2.05) is 18.2 Å². The summed E-state index contributed by atoms with van der Waals surface area (Å²) >= 11 is 0. The molecule has 0 aliphatic heterocycles. The summed E-state index contributed by atoms with van der Waals surface area (Å²) in [6, 6.07) is 14.9. The average molecular weight is 362 g/mol. The van der Waals surface area contributed by atoms with Crippen molar-refractivity contribution in [2.24, 2.45) is 0 Å². The number of hydrogen-bond donors (Lipinski definition) is 2. The molecule has 3 aromatic carbocycles. The van der Waals surface area contributed by atoms with Crippen molar-refractivity contribution in [3.63, 3.8) is 0 Å². The predicted molar refractivity (Wildman–Crippen MR) is 105 cm³/mol. The van der Waals surface area contributed by atoms with Crippen LogP contribution in [0.3, 0.4) is 0 Å². The fourth-order valence-corrected chi connectivity index (χ4v) is 3.89. The van der Waals surface area contributed by atoms with Crippen LogP contribution in [0.5, 0.6) is 23.0 Å². The molecule has 0 aromatic heterocycles. The summed E-state index contributed by atoms with van der Waals surface area (Å²) in [7, 11) is 3.30. The smallest absolute Gasteiger partial charge is 0.130 e. The van der Waals surface area contributed by atoms with Gasteiger partial charge in [0.05, 0.1) is 14.2 Å². The van der Waals surface area contributed by atoms with Crippen molar-refractivity contribution in [3.05, 3.63) is 70.8 Å². The first-order valence-electron chi connectivity index (χ1n) is 8.97. The Kier molecular flexibility index (Phi) is 4.40.